The third-order valence-electron chi connectivity index (χ3n) is 2.61. The number of nitrogens with one attached hydrogen (secondary N) is 1. The highest BCUT2D eigenvalue weighted by molar-refractivity contribution is 5.91. The maximum absolute atomic E-state index is 11.7. The van der Waals surface area contributed by atoms with Gasteiger partial charge in [-0.1, -0.05) is 6.07 Å². The molecule has 100 valence electrons. The van der Waals surface area contributed by atoms with Crippen LogP contribution in [-0.4, -0.2) is 36.4 Å². The van der Waals surface area contributed by atoms with E-state index < -0.39 is 0 Å². The van der Waals surface area contributed by atoms with Crippen LogP contribution in [0.4, 0.5) is 5.69 Å². The minimum Gasteiger partial charge on any atom is -0.445 e. The molecular formula is C14H17N3O2. The Morgan fingerprint density at radius 2 is 2.26 bits per heavy atom. The second-order valence-corrected chi connectivity index (χ2v) is 4.52. The highest BCUT2D eigenvalue weighted by Crippen LogP contribution is 2.20. The summed E-state index contributed by atoms with van der Waals surface area (Å²) in [6.07, 6.45) is 3.59. The van der Waals surface area contributed by atoms with Crippen molar-refractivity contribution in [3.63, 3.8) is 0 Å². The first-order valence-electron chi connectivity index (χ1n) is 6.09. The summed E-state index contributed by atoms with van der Waals surface area (Å²) in [7, 11) is 3.88. The summed E-state index contributed by atoms with van der Waals surface area (Å²) in [5.41, 5.74) is 1.59. The smallest absolute Gasteiger partial charge is 0.225 e. The first kappa shape index (κ1) is 13.3. The standard InChI is InChI=1S/C14H17N3O2/c1-17(2)8-6-13(18)16-12-5-3-4-11(10-12)14-15-7-9-19-14/h3-5,7,9-10H,6,8H2,1-2H3,(H,16,18). The molecule has 1 aromatic heterocycles. The second-order valence-electron chi connectivity index (χ2n) is 4.52. The van der Waals surface area contributed by atoms with Crippen LogP contribution in [0.2, 0.25) is 0 Å². The molecule has 0 atom stereocenters. The Labute approximate surface area is 112 Å². The number of nitrogens with zero attached hydrogens (tertiary/aromatic N) is 2. The Balaban J connectivity index is 2.01. The van der Waals surface area contributed by atoms with Gasteiger partial charge in [-0.3, -0.25) is 4.79 Å². The molecule has 0 saturated heterocycles. The van der Waals surface area contributed by atoms with Crippen molar-refractivity contribution in [2.24, 2.45) is 0 Å². The maximum Gasteiger partial charge on any atom is 0.225 e. The van der Waals surface area contributed by atoms with Gasteiger partial charge in [0.05, 0.1) is 6.20 Å². The highest BCUT2D eigenvalue weighted by Gasteiger charge is 2.06. The summed E-state index contributed by atoms with van der Waals surface area (Å²) < 4.78 is 5.23. The SMILES string of the molecule is CN(C)CCC(=O)Nc1cccc(-c2ncco2)c1. The molecule has 19 heavy (non-hydrogen) atoms. The number of hydrogen-bond acceptors (Lipinski definition) is 4. The number of oxazole rings is 1. The van der Waals surface area contributed by atoms with Crippen molar-refractivity contribution < 1.29 is 9.21 Å². The zero-order valence-electron chi connectivity index (χ0n) is 11.1. The molecule has 0 bridgehead atoms. The van der Waals surface area contributed by atoms with Crippen LogP contribution in [0.1, 0.15) is 6.42 Å². The molecule has 5 nitrogen and oxygen atoms in total. The van der Waals surface area contributed by atoms with E-state index >= 15 is 0 Å². The van der Waals surface area contributed by atoms with Crippen LogP contribution >= 0.6 is 0 Å². The molecule has 0 fully saturated rings. The summed E-state index contributed by atoms with van der Waals surface area (Å²) in [4.78, 5) is 17.8. The highest BCUT2D eigenvalue weighted by atomic mass is 16.3. The third-order valence-corrected chi connectivity index (χ3v) is 2.61. The van der Waals surface area contributed by atoms with Gasteiger partial charge in [0.25, 0.3) is 0 Å². The van der Waals surface area contributed by atoms with Gasteiger partial charge in [-0.25, -0.2) is 4.98 Å². The van der Waals surface area contributed by atoms with Gasteiger partial charge in [-0.05, 0) is 32.3 Å². The molecular weight excluding hydrogens is 242 g/mol. The number of rotatable bonds is 5. The van der Waals surface area contributed by atoms with E-state index in [9.17, 15) is 4.79 Å². The van der Waals surface area contributed by atoms with Crippen molar-refractivity contribution >= 4 is 11.6 Å². The van der Waals surface area contributed by atoms with Gasteiger partial charge in [0.1, 0.15) is 6.26 Å². The zero-order chi connectivity index (χ0) is 13.7. The van der Waals surface area contributed by atoms with Gasteiger partial charge in [0, 0.05) is 24.2 Å². The summed E-state index contributed by atoms with van der Waals surface area (Å²) in [5.74, 6) is 0.544. The fourth-order valence-electron chi connectivity index (χ4n) is 1.64. The molecule has 0 radical (unpaired) electrons. The minimum absolute atomic E-state index is 0.00162. The number of anilines is 1. The molecule has 0 spiro atoms. The van der Waals surface area contributed by atoms with Gasteiger partial charge in [0.15, 0.2) is 0 Å². The quantitative estimate of drug-likeness (QED) is 0.894. The fourth-order valence-corrected chi connectivity index (χ4v) is 1.64. The number of amides is 1. The van der Waals surface area contributed by atoms with E-state index in [1.54, 1.807) is 6.20 Å². The van der Waals surface area contributed by atoms with Gasteiger partial charge in [-0.2, -0.15) is 0 Å². The fraction of sp³-hybridized carbons (Fsp3) is 0.286. The lowest BCUT2D eigenvalue weighted by molar-refractivity contribution is -0.116. The van der Waals surface area contributed by atoms with Gasteiger partial charge < -0.3 is 14.6 Å². The van der Waals surface area contributed by atoms with E-state index in [1.807, 2.05) is 43.3 Å². The van der Waals surface area contributed by atoms with Crippen LogP contribution in [0.5, 0.6) is 0 Å². The first-order valence-corrected chi connectivity index (χ1v) is 6.09. The normalized spacial score (nSPS) is 10.7. The number of benzene rings is 1. The molecule has 0 saturated carbocycles. The van der Waals surface area contributed by atoms with Gasteiger partial charge in [-0.15, -0.1) is 0 Å². The summed E-state index contributed by atoms with van der Waals surface area (Å²) in [6.45, 7) is 0.727. The van der Waals surface area contributed by atoms with E-state index in [0.29, 0.717) is 12.3 Å². The lowest BCUT2D eigenvalue weighted by Gasteiger charge is -2.10. The predicted molar refractivity (Wildman–Crippen MR) is 73.7 cm³/mol. The first-order chi connectivity index (χ1) is 9.15. The van der Waals surface area contributed by atoms with Gasteiger partial charge in [0.2, 0.25) is 11.8 Å². The molecule has 2 rings (SSSR count). The van der Waals surface area contributed by atoms with Crippen molar-refractivity contribution in [1.29, 1.82) is 0 Å². The number of carbonyl (C=O) groups is 1. The van der Waals surface area contributed by atoms with Crippen molar-refractivity contribution in [2.75, 3.05) is 26.0 Å². The lowest BCUT2D eigenvalue weighted by Crippen LogP contribution is -2.20. The molecule has 0 unspecified atom stereocenters. The number of hydrogen-bond donors (Lipinski definition) is 1. The molecule has 1 heterocycles. The molecule has 1 N–H and O–H groups in total. The van der Waals surface area contributed by atoms with Crippen LogP contribution in [-0.2, 0) is 4.79 Å². The summed E-state index contributed by atoms with van der Waals surface area (Å²) in [6, 6.07) is 7.45. The van der Waals surface area contributed by atoms with Crippen LogP contribution < -0.4 is 5.32 Å². The molecule has 5 heteroatoms. The van der Waals surface area contributed by atoms with Crippen LogP contribution in [0.25, 0.3) is 11.5 Å². The Morgan fingerprint density at radius 1 is 1.42 bits per heavy atom. The molecule has 1 amide bonds. The second kappa shape index (κ2) is 6.15. The Morgan fingerprint density at radius 3 is 2.95 bits per heavy atom. The third kappa shape index (κ3) is 3.93. The topological polar surface area (TPSA) is 58.4 Å². The number of aromatic nitrogens is 1. The molecule has 0 aliphatic rings. The van der Waals surface area contributed by atoms with Crippen LogP contribution in [0.3, 0.4) is 0 Å². The lowest BCUT2D eigenvalue weighted by atomic mass is 10.2. The van der Waals surface area contributed by atoms with Crippen LogP contribution in [0.15, 0.2) is 41.1 Å². The largest absolute Gasteiger partial charge is 0.445 e. The van der Waals surface area contributed by atoms with E-state index in [4.69, 9.17) is 4.42 Å². The van der Waals surface area contributed by atoms with E-state index in [1.165, 1.54) is 6.26 Å². The van der Waals surface area contributed by atoms with Crippen LogP contribution in [0, 0.1) is 0 Å². The average Bonchev–Trinajstić information content (AvgIpc) is 2.90. The minimum atomic E-state index is -0.00162. The summed E-state index contributed by atoms with van der Waals surface area (Å²) in [5, 5.41) is 2.86. The van der Waals surface area contributed by atoms with Crippen molar-refractivity contribution in [3.8, 4) is 11.5 Å². The Hall–Kier alpha value is -2.14. The van der Waals surface area contributed by atoms with Crippen molar-refractivity contribution in [1.82, 2.24) is 9.88 Å². The number of carbonyl (C=O) groups excluding carboxylic acids is 1. The average molecular weight is 259 g/mol. The van der Waals surface area contributed by atoms with E-state index in [0.717, 1.165) is 17.8 Å². The predicted octanol–water partition coefficient (Wildman–Crippen LogP) is 2.23. The van der Waals surface area contributed by atoms with Crippen molar-refractivity contribution in [2.45, 2.75) is 6.42 Å². The Bertz CT molecular complexity index is 535. The zero-order valence-corrected chi connectivity index (χ0v) is 11.1. The molecule has 0 aliphatic carbocycles. The maximum atomic E-state index is 11.7. The van der Waals surface area contributed by atoms with E-state index in [-0.39, 0.29) is 5.91 Å². The van der Waals surface area contributed by atoms with E-state index in [2.05, 4.69) is 10.3 Å². The van der Waals surface area contributed by atoms with Gasteiger partial charge >= 0.3 is 0 Å². The monoisotopic (exact) mass is 259 g/mol. The molecule has 0 aliphatic heterocycles. The Kier molecular flexibility index (Phi) is 4.30. The van der Waals surface area contributed by atoms with Crippen molar-refractivity contribution in [3.05, 3.63) is 36.7 Å². The summed E-state index contributed by atoms with van der Waals surface area (Å²) >= 11 is 0. The molecule has 1 aromatic carbocycles. The molecule has 2 aromatic rings.